The Kier molecular flexibility index (Phi) is 3.59. The number of hydrogen-bond donors (Lipinski definition) is 3. The van der Waals surface area contributed by atoms with Crippen LogP contribution in [0.4, 0.5) is 0 Å². The first-order valence-electron chi connectivity index (χ1n) is 1.93. The zero-order valence-electron chi connectivity index (χ0n) is 3.96. The molecule has 0 amide bonds. The van der Waals surface area contributed by atoms with Crippen molar-refractivity contribution in [2.75, 3.05) is 12.3 Å². The fraction of sp³-hybridized carbons (Fsp3) is 0.667. The van der Waals surface area contributed by atoms with Gasteiger partial charge in [-0.05, 0) is 0 Å². The van der Waals surface area contributed by atoms with Crippen LogP contribution in [0.25, 0.3) is 0 Å². The van der Waals surface area contributed by atoms with E-state index in [1.54, 1.807) is 0 Å². The maximum Gasteiger partial charge on any atom is 0.185 e. The first-order chi connectivity index (χ1) is 3.27. The maximum atomic E-state index is 4.97. The molecule has 42 valence electrons. The van der Waals surface area contributed by atoms with Gasteiger partial charge in [-0.25, -0.2) is 0 Å². The van der Waals surface area contributed by atoms with Crippen LogP contribution in [0, 0.1) is 0 Å². The van der Waals surface area contributed by atoms with Gasteiger partial charge in [0.2, 0.25) is 0 Å². The van der Waals surface area contributed by atoms with E-state index in [0.717, 1.165) is 0 Å². The van der Waals surface area contributed by atoms with E-state index in [0.29, 0.717) is 12.3 Å². The molecule has 7 heavy (non-hydrogen) atoms. The molecule has 0 radical (unpaired) electrons. The van der Waals surface area contributed by atoms with Crippen molar-refractivity contribution in [2.24, 2.45) is 16.5 Å². The third-order valence-corrected chi connectivity index (χ3v) is 0.594. The van der Waals surface area contributed by atoms with Crippen molar-refractivity contribution in [3.8, 4) is 0 Å². The summed E-state index contributed by atoms with van der Waals surface area (Å²) < 4.78 is 0. The van der Waals surface area contributed by atoms with E-state index in [-0.39, 0.29) is 5.96 Å². The summed E-state index contributed by atoms with van der Waals surface area (Å²) >= 11 is 3.88. The van der Waals surface area contributed by atoms with E-state index in [2.05, 4.69) is 17.6 Å². The first-order valence-corrected chi connectivity index (χ1v) is 2.57. The lowest BCUT2D eigenvalue weighted by molar-refractivity contribution is 1.13. The lowest BCUT2D eigenvalue weighted by atomic mass is 10.8. The molecule has 0 fully saturated rings. The monoisotopic (exact) mass is 119 g/mol. The number of rotatable bonds is 2. The summed E-state index contributed by atoms with van der Waals surface area (Å²) in [6.07, 6.45) is 0. The molecular weight excluding hydrogens is 110 g/mol. The van der Waals surface area contributed by atoms with E-state index in [9.17, 15) is 0 Å². The van der Waals surface area contributed by atoms with Gasteiger partial charge >= 0.3 is 0 Å². The van der Waals surface area contributed by atoms with Gasteiger partial charge in [0.05, 0.1) is 6.54 Å². The van der Waals surface area contributed by atoms with Crippen molar-refractivity contribution in [1.29, 1.82) is 0 Å². The highest BCUT2D eigenvalue weighted by molar-refractivity contribution is 7.80. The van der Waals surface area contributed by atoms with Crippen molar-refractivity contribution < 1.29 is 0 Å². The van der Waals surface area contributed by atoms with Crippen molar-refractivity contribution in [1.82, 2.24) is 0 Å². The highest BCUT2D eigenvalue weighted by Gasteiger charge is 1.74. The molecule has 0 saturated carbocycles. The summed E-state index contributed by atoms with van der Waals surface area (Å²) in [6, 6.07) is 0. The Morgan fingerprint density at radius 3 is 2.29 bits per heavy atom. The maximum absolute atomic E-state index is 4.97. The third kappa shape index (κ3) is 5.62. The number of nitrogens with zero attached hydrogens (tertiary/aromatic N) is 1. The van der Waals surface area contributed by atoms with E-state index in [1.165, 1.54) is 0 Å². The largest absolute Gasteiger partial charge is 0.370 e. The van der Waals surface area contributed by atoms with Crippen LogP contribution in [0.3, 0.4) is 0 Å². The van der Waals surface area contributed by atoms with Gasteiger partial charge in [0.1, 0.15) is 0 Å². The molecule has 4 N–H and O–H groups in total. The van der Waals surface area contributed by atoms with Crippen LogP contribution < -0.4 is 11.5 Å². The normalized spacial score (nSPS) is 8.14. The summed E-state index contributed by atoms with van der Waals surface area (Å²) in [5.74, 6) is 0.826. The van der Waals surface area contributed by atoms with Gasteiger partial charge in [0.25, 0.3) is 0 Å². The number of guanidine groups is 1. The summed E-state index contributed by atoms with van der Waals surface area (Å²) in [7, 11) is 0. The Morgan fingerprint density at radius 1 is 1.57 bits per heavy atom. The summed E-state index contributed by atoms with van der Waals surface area (Å²) in [6.45, 7) is 0.603. The number of hydrogen-bond acceptors (Lipinski definition) is 2. The van der Waals surface area contributed by atoms with Crippen LogP contribution in [0.5, 0.6) is 0 Å². The van der Waals surface area contributed by atoms with E-state index < -0.39 is 0 Å². The van der Waals surface area contributed by atoms with Crippen molar-refractivity contribution in [3.05, 3.63) is 0 Å². The fourth-order valence-corrected chi connectivity index (χ4v) is 0.279. The van der Waals surface area contributed by atoms with Crippen LogP contribution in [0.2, 0.25) is 0 Å². The zero-order chi connectivity index (χ0) is 5.70. The number of aliphatic imine (C=N–C) groups is 1. The smallest absolute Gasteiger partial charge is 0.185 e. The number of thiol groups is 1. The topological polar surface area (TPSA) is 64.4 Å². The molecule has 0 spiro atoms. The van der Waals surface area contributed by atoms with Gasteiger partial charge in [-0.15, -0.1) is 0 Å². The third-order valence-electron chi connectivity index (χ3n) is 0.394. The van der Waals surface area contributed by atoms with E-state index in [4.69, 9.17) is 11.5 Å². The standard InChI is InChI=1S/C3H9N3S/c4-3(5)6-1-2-7/h7H,1-2H2,(H4,4,5,6). The second-order valence-corrected chi connectivity index (χ2v) is 1.48. The predicted octanol–water partition coefficient (Wildman–Crippen LogP) is -0.810. The minimum absolute atomic E-state index is 0.133. The van der Waals surface area contributed by atoms with Gasteiger partial charge in [-0.1, -0.05) is 0 Å². The van der Waals surface area contributed by atoms with Crippen molar-refractivity contribution in [2.45, 2.75) is 0 Å². The molecule has 0 aliphatic carbocycles. The molecule has 0 heterocycles. The van der Waals surface area contributed by atoms with Gasteiger partial charge in [0, 0.05) is 5.75 Å². The lowest BCUT2D eigenvalue weighted by Crippen LogP contribution is -2.23. The second kappa shape index (κ2) is 3.80. The highest BCUT2D eigenvalue weighted by Crippen LogP contribution is 1.71. The molecule has 0 atom stereocenters. The minimum Gasteiger partial charge on any atom is -0.370 e. The average molecular weight is 119 g/mol. The minimum atomic E-state index is 0.133. The Morgan fingerprint density at radius 2 is 2.14 bits per heavy atom. The van der Waals surface area contributed by atoms with Crippen LogP contribution >= 0.6 is 12.6 Å². The molecule has 0 aliphatic heterocycles. The molecule has 4 heteroatoms. The lowest BCUT2D eigenvalue weighted by Gasteiger charge is -1.86. The van der Waals surface area contributed by atoms with Crippen molar-refractivity contribution >= 4 is 18.6 Å². The van der Waals surface area contributed by atoms with Crippen LogP contribution in [0.1, 0.15) is 0 Å². The zero-order valence-corrected chi connectivity index (χ0v) is 4.86. The SMILES string of the molecule is NC(N)=NCCS. The van der Waals surface area contributed by atoms with Crippen LogP contribution in [-0.2, 0) is 0 Å². The highest BCUT2D eigenvalue weighted by atomic mass is 32.1. The quantitative estimate of drug-likeness (QED) is 0.253. The first kappa shape index (κ1) is 6.62. The van der Waals surface area contributed by atoms with Gasteiger partial charge in [-0.3, -0.25) is 4.99 Å². The molecule has 0 rings (SSSR count). The van der Waals surface area contributed by atoms with Crippen LogP contribution in [-0.4, -0.2) is 18.3 Å². The summed E-state index contributed by atoms with van der Waals surface area (Å²) in [5.41, 5.74) is 9.94. The molecule has 0 aromatic heterocycles. The fourth-order valence-electron chi connectivity index (χ4n) is 0.179. The Balaban J connectivity index is 3.08. The Bertz CT molecular complexity index is 66.6. The molecular formula is C3H9N3S. The Hall–Kier alpha value is -0.380. The van der Waals surface area contributed by atoms with E-state index >= 15 is 0 Å². The molecule has 0 aliphatic rings. The predicted molar refractivity (Wildman–Crippen MR) is 34.5 cm³/mol. The summed E-state index contributed by atoms with van der Waals surface area (Å²) in [4.78, 5) is 3.64. The molecule has 0 aromatic carbocycles. The van der Waals surface area contributed by atoms with Gasteiger partial charge in [0.15, 0.2) is 5.96 Å². The molecule has 0 saturated heterocycles. The molecule has 0 aromatic rings. The second-order valence-electron chi connectivity index (χ2n) is 1.03. The van der Waals surface area contributed by atoms with Gasteiger partial charge in [-0.2, -0.15) is 12.6 Å². The molecule has 0 bridgehead atoms. The van der Waals surface area contributed by atoms with E-state index in [1.807, 2.05) is 0 Å². The average Bonchev–Trinajstić information content (AvgIpc) is 1.61. The van der Waals surface area contributed by atoms with Crippen molar-refractivity contribution in [3.63, 3.8) is 0 Å². The number of nitrogens with two attached hydrogens (primary N) is 2. The van der Waals surface area contributed by atoms with Gasteiger partial charge < -0.3 is 11.5 Å². The Labute approximate surface area is 48.2 Å². The molecule has 0 unspecified atom stereocenters. The molecule has 3 nitrogen and oxygen atoms in total. The van der Waals surface area contributed by atoms with Crippen LogP contribution in [0.15, 0.2) is 4.99 Å². The summed E-state index contributed by atoms with van der Waals surface area (Å²) in [5, 5.41) is 0.